The SMILES string of the molecule is COCc1ccccc1C(=O)Nc1ccc(-n2cnc3ccccc32)cc1. The molecule has 0 spiro atoms. The first-order valence-corrected chi connectivity index (χ1v) is 8.67. The Balaban J connectivity index is 1.56. The van der Waals surface area contributed by atoms with Crippen LogP contribution in [0.3, 0.4) is 0 Å². The van der Waals surface area contributed by atoms with E-state index in [0.29, 0.717) is 12.2 Å². The summed E-state index contributed by atoms with van der Waals surface area (Å²) in [5, 5.41) is 2.95. The van der Waals surface area contributed by atoms with Crippen LogP contribution in [-0.2, 0) is 11.3 Å². The quantitative estimate of drug-likeness (QED) is 0.575. The van der Waals surface area contributed by atoms with E-state index in [1.807, 2.05) is 71.3 Å². The topological polar surface area (TPSA) is 56.1 Å². The number of rotatable bonds is 5. The van der Waals surface area contributed by atoms with Crippen LogP contribution in [0.1, 0.15) is 15.9 Å². The molecular formula is C22H19N3O2. The van der Waals surface area contributed by atoms with E-state index in [0.717, 1.165) is 28.0 Å². The summed E-state index contributed by atoms with van der Waals surface area (Å²) >= 11 is 0. The molecule has 0 saturated carbocycles. The molecule has 4 aromatic rings. The molecular weight excluding hydrogens is 338 g/mol. The summed E-state index contributed by atoms with van der Waals surface area (Å²) < 4.78 is 7.20. The van der Waals surface area contributed by atoms with Crippen LogP contribution in [0.5, 0.6) is 0 Å². The molecule has 134 valence electrons. The Morgan fingerprint density at radius 2 is 1.74 bits per heavy atom. The van der Waals surface area contributed by atoms with Gasteiger partial charge < -0.3 is 10.1 Å². The number of nitrogens with zero attached hydrogens (tertiary/aromatic N) is 2. The summed E-state index contributed by atoms with van der Waals surface area (Å²) in [6.07, 6.45) is 1.80. The molecule has 5 nitrogen and oxygen atoms in total. The largest absolute Gasteiger partial charge is 0.380 e. The number of anilines is 1. The van der Waals surface area contributed by atoms with Crippen molar-refractivity contribution in [2.45, 2.75) is 6.61 Å². The summed E-state index contributed by atoms with van der Waals surface area (Å²) in [4.78, 5) is 17.0. The number of ether oxygens (including phenoxy) is 1. The van der Waals surface area contributed by atoms with Crippen LogP contribution in [0.4, 0.5) is 5.69 Å². The predicted molar refractivity (Wildman–Crippen MR) is 106 cm³/mol. The first kappa shape index (κ1) is 17.0. The summed E-state index contributed by atoms with van der Waals surface area (Å²) in [5.41, 5.74) is 5.19. The normalized spacial score (nSPS) is 10.9. The number of para-hydroxylation sites is 2. The van der Waals surface area contributed by atoms with Gasteiger partial charge in [-0.25, -0.2) is 4.98 Å². The van der Waals surface area contributed by atoms with Crippen LogP contribution >= 0.6 is 0 Å². The molecule has 0 atom stereocenters. The van der Waals surface area contributed by atoms with Gasteiger partial charge >= 0.3 is 0 Å². The van der Waals surface area contributed by atoms with Crippen molar-refractivity contribution in [3.63, 3.8) is 0 Å². The first-order valence-electron chi connectivity index (χ1n) is 8.67. The molecule has 0 fully saturated rings. The molecule has 0 saturated heterocycles. The number of carbonyl (C=O) groups excluding carboxylic acids is 1. The van der Waals surface area contributed by atoms with Crippen LogP contribution < -0.4 is 5.32 Å². The Kier molecular flexibility index (Phi) is 4.68. The van der Waals surface area contributed by atoms with Crippen molar-refractivity contribution in [1.82, 2.24) is 9.55 Å². The molecule has 1 amide bonds. The number of benzene rings is 3. The van der Waals surface area contributed by atoms with Gasteiger partial charge in [0.2, 0.25) is 0 Å². The number of imidazole rings is 1. The zero-order chi connectivity index (χ0) is 18.6. The average Bonchev–Trinajstić information content (AvgIpc) is 3.13. The summed E-state index contributed by atoms with van der Waals surface area (Å²) in [5.74, 6) is -0.150. The van der Waals surface area contributed by atoms with E-state index in [1.165, 1.54) is 0 Å². The molecule has 1 N–H and O–H groups in total. The third-order valence-electron chi connectivity index (χ3n) is 4.42. The van der Waals surface area contributed by atoms with E-state index in [-0.39, 0.29) is 5.91 Å². The van der Waals surface area contributed by atoms with Gasteiger partial charge in [0.25, 0.3) is 5.91 Å². The van der Waals surface area contributed by atoms with Crippen molar-refractivity contribution in [2.24, 2.45) is 0 Å². The second-order valence-electron chi connectivity index (χ2n) is 6.19. The van der Waals surface area contributed by atoms with Gasteiger partial charge in [0.05, 0.1) is 17.6 Å². The molecule has 0 bridgehead atoms. The Hall–Kier alpha value is -3.44. The van der Waals surface area contributed by atoms with Gasteiger partial charge in [-0.2, -0.15) is 0 Å². The minimum atomic E-state index is -0.150. The Bertz CT molecular complexity index is 1080. The maximum absolute atomic E-state index is 12.6. The van der Waals surface area contributed by atoms with Gasteiger partial charge in [0.1, 0.15) is 6.33 Å². The molecule has 0 radical (unpaired) electrons. The number of hydrogen-bond acceptors (Lipinski definition) is 3. The second-order valence-corrected chi connectivity index (χ2v) is 6.19. The Morgan fingerprint density at radius 3 is 2.56 bits per heavy atom. The highest BCUT2D eigenvalue weighted by atomic mass is 16.5. The van der Waals surface area contributed by atoms with Crippen molar-refractivity contribution in [3.05, 3.63) is 90.3 Å². The number of fused-ring (bicyclic) bond motifs is 1. The average molecular weight is 357 g/mol. The van der Waals surface area contributed by atoms with Crippen LogP contribution in [0.2, 0.25) is 0 Å². The number of methoxy groups -OCH3 is 1. The Morgan fingerprint density at radius 1 is 1.00 bits per heavy atom. The van der Waals surface area contributed by atoms with E-state index in [2.05, 4.69) is 10.3 Å². The fourth-order valence-electron chi connectivity index (χ4n) is 3.09. The lowest BCUT2D eigenvalue weighted by Crippen LogP contribution is -2.14. The van der Waals surface area contributed by atoms with E-state index in [1.54, 1.807) is 19.5 Å². The van der Waals surface area contributed by atoms with Crippen LogP contribution in [0.25, 0.3) is 16.7 Å². The number of hydrogen-bond donors (Lipinski definition) is 1. The summed E-state index contributed by atoms with van der Waals surface area (Å²) in [6.45, 7) is 0.399. The first-order chi connectivity index (χ1) is 13.3. The third kappa shape index (κ3) is 3.45. The fourth-order valence-corrected chi connectivity index (χ4v) is 3.09. The molecule has 1 heterocycles. The molecule has 4 rings (SSSR count). The molecule has 3 aromatic carbocycles. The molecule has 5 heteroatoms. The van der Waals surface area contributed by atoms with Crippen molar-refractivity contribution >= 4 is 22.6 Å². The lowest BCUT2D eigenvalue weighted by atomic mass is 10.1. The zero-order valence-electron chi connectivity index (χ0n) is 14.9. The monoisotopic (exact) mass is 357 g/mol. The standard InChI is InChI=1S/C22H19N3O2/c1-27-14-16-6-2-3-7-19(16)22(26)24-17-10-12-18(13-11-17)25-15-23-20-8-4-5-9-21(20)25/h2-13,15H,14H2,1H3,(H,24,26). The van der Waals surface area contributed by atoms with Gasteiger partial charge in [-0.15, -0.1) is 0 Å². The van der Waals surface area contributed by atoms with Crippen LogP contribution in [0.15, 0.2) is 79.1 Å². The molecule has 1 aromatic heterocycles. The summed E-state index contributed by atoms with van der Waals surface area (Å²) in [7, 11) is 1.62. The van der Waals surface area contributed by atoms with Crippen molar-refractivity contribution in [2.75, 3.05) is 12.4 Å². The smallest absolute Gasteiger partial charge is 0.256 e. The number of aromatic nitrogens is 2. The van der Waals surface area contributed by atoms with Crippen LogP contribution in [-0.4, -0.2) is 22.6 Å². The lowest BCUT2D eigenvalue weighted by Gasteiger charge is -2.10. The molecule has 0 aliphatic heterocycles. The minimum absolute atomic E-state index is 0.150. The number of amides is 1. The van der Waals surface area contributed by atoms with E-state index < -0.39 is 0 Å². The maximum atomic E-state index is 12.6. The second kappa shape index (κ2) is 7.43. The molecule has 0 aliphatic rings. The van der Waals surface area contributed by atoms with Gasteiger partial charge in [0, 0.05) is 24.0 Å². The molecule has 0 aliphatic carbocycles. The van der Waals surface area contributed by atoms with Crippen molar-refractivity contribution in [1.29, 1.82) is 0 Å². The van der Waals surface area contributed by atoms with Crippen molar-refractivity contribution in [3.8, 4) is 5.69 Å². The predicted octanol–water partition coefficient (Wildman–Crippen LogP) is 4.42. The number of nitrogens with one attached hydrogen (secondary N) is 1. The van der Waals surface area contributed by atoms with Gasteiger partial charge in [-0.05, 0) is 48.0 Å². The van der Waals surface area contributed by atoms with Gasteiger partial charge in [-0.1, -0.05) is 30.3 Å². The van der Waals surface area contributed by atoms with Crippen molar-refractivity contribution < 1.29 is 9.53 Å². The third-order valence-corrected chi connectivity index (χ3v) is 4.42. The van der Waals surface area contributed by atoms with E-state index in [4.69, 9.17) is 4.74 Å². The van der Waals surface area contributed by atoms with Crippen LogP contribution in [0, 0.1) is 0 Å². The fraction of sp³-hybridized carbons (Fsp3) is 0.0909. The summed E-state index contributed by atoms with van der Waals surface area (Å²) in [6, 6.07) is 23.1. The van der Waals surface area contributed by atoms with Gasteiger partial charge in [-0.3, -0.25) is 9.36 Å². The molecule has 0 unspecified atom stereocenters. The zero-order valence-corrected chi connectivity index (χ0v) is 14.9. The molecule has 27 heavy (non-hydrogen) atoms. The maximum Gasteiger partial charge on any atom is 0.256 e. The highest BCUT2D eigenvalue weighted by molar-refractivity contribution is 6.05. The minimum Gasteiger partial charge on any atom is -0.380 e. The highest BCUT2D eigenvalue weighted by Gasteiger charge is 2.11. The van der Waals surface area contributed by atoms with Gasteiger partial charge in [0.15, 0.2) is 0 Å². The Labute approximate surface area is 157 Å². The highest BCUT2D eigenvalue weighted by Crippen LogP contribution is 2.20. The van der Waals surface area contributed by atoms with E-state index in [9.17, 15) is 4.79 Å². The van der Waals surface area contributed by atoms with E-state index >= 15 is 0 Å². The number of carbonyl (C=O) groups is 1. The lowest BCUT2D eigenvalue weighted by molar-refractivity contribution is 0.102.